The van der Waals surface area contributed by atoms with E-state index in [4.69, 9.17) is 0 Å². The molecule has 2 aromatic heterocycles. The molecule has 0 amide bonds. The van der Waals surface area contributed by atoms with E-state index in [0.717, 1.165) is 0 Å². The van der Waals surface area contributed by atoms with Gasteiger partial charge in [0.1, 0.15) is 0 Å². The molecule has 0 unspecified atom stereocenters. The van der Waals surface area contributed by atoms with Crippen molar-refractivity contribution >= 4 is 16.3 Å². The Balaban J connectivity index is 0.000000853. The van der Waals surface area contributed by atoms with Crippen LogP contribution in [0.3, 0.4) is 0 Å². The lowest BCUT2D eigenvalue weighted by Crippen LogP contribution is -2.19. The van der Waals surface area contributed by atoms with Crippen molar-refractivity contribution in [2.24, 2.45) is 0 Å². The molecule has 74 valence electrons. The lowest BCUT2D eigenvalue weighted by molar-refractivity contribution is -0.510. The van der Waals surface area contributed by atoms with E-state index in [-0.39, 0.29) is 5.48 Å². The van der Waals surface area contributed by atoms with Crippen LogP contribution in [-0.2, 0) is 0 Å². The molecule has 0 aliphatic rings. The Morgan fingerprint density at radius 1 is 0.733 bits per heavy atom. The average molecular weight is 197 g/mol. The number of pyridine rings is 2. The van der Waals surface area contributed by atoms with Crippen molar-refractivity contribution < 1.29 is 9.88 Å². The third kappa shape index (κ3) is 1.45. The first-order valence-electron chi connectivity index (χ1n) is 4.73. The van der Waals surface area contributed by atoms with E-state index in [0.29, 0.717) is 0 Å². The second-order valence-corrected chi connectivity index (χ2v) is 3.40. The van der Waals surface area contributed by atoms with Crippen molar-refractivity contribution in [1.29, 1.82) is 0 Å². The van der Waals surface area contributed by atoms with E-state index < -0.39 is 0 Å². The normalized spacial score (nSPS) is 10.1. The predicted octanol–water partition coefficient (Wildman–Crippen LogP) is 2.40. The molecule has 0 aliphatic heterocycles. The number of fused-ring (bicyclic) bond motifs is 3. The van der Waals surface area contributed by atoms with Crippen LogP contribution in [0.4, 0.5) is 0 Å². The summed E-state index contributed by atoms with van der Waals surface area (Å²) in [4.78, 5) is 0. The molecule has 1 aromatic carbocycles. The van der Waals surface area contributed by atoms with E-state index in [1.165, 1.54) is 16.3 Å². The van der Waals surface area contributed by atoms with Crippen molar-refractivity contribution in [3.8, 4) is 0 Å². The van der Waals surface area contributed by atoms with Gasteiger partial charge >= 0.3 is 0 Å². The maximum Gasteiger partial charge on any atom is 0.218 e. The quantitative estimate of drug-likeness (QED) is 0.402. The highest BCUT2D eigenvalue weighted by Gasteiger charge is 2.04. The monoisotopic (exact) mass is 197 g/mol. The molecule has 0 bridgehead atoms. The Labute approximate surface area is 87.7 Å². The predicted molar refractivity (Wildman–Crippen MR) is 59.0 cm³/mol. The zero-order chi connectivity index (χ0) is 9.38. The molecule has 0 saturated carbocycles. The summed E-state index contributed by atoms with van der Waals surface area (Å²) < 4.78 is 2.14. The summed E-state index contributed by atoms with van der Waals surface area (Å²) in [6, 6.07) is 16.8. The van der Waals surface area contributed by atoms with Crippen molar-refractivity contribution in [3.63, 3.8) is 0 Å². The largest absolute Gasteiger partial charge is 0.870 e. The van der Waals surface area contributed by atoms with Crippen LogP contribution >= 0.6 is 0 Å². The fourth-order valence-corrected chi connectivity index (χ4v) is 1.85. The minimum atomic E-state index is 0. The molecule has 3 rings (SSSR count). The first-order valence-corrected chi connectivity index (χ1v) is 4.73. The van der Waals surface area contributed by atoms with E-state index in [1.54, 1.807) is 0 Å². The molecule has 1 N–H and O–H groups in total. The van der Waals surface area contributed by atoms with Crippen LogP contribution < -0.4 is 4.40 Å². The van der Waals surface area contributed by atoms with Gasteiger partial charge in [0.2, 0.25) is 5.52 Å². The van der Waals surface area contributed by atoms with E-state index in [9.17, 15) is 0 Å². The summed E-state index contributed by atoms with van der Waals surface area (Å²) in [5.74, 6) is 0. The molecule has 0 aliphatic carbocycles. The minimum Gasteiger partial charge on any atom is -0.870 e. The molecule has 2 heterocycles. The summed E-state index contributed by atoms with van der Waals surface area (Å²) in [5.41, 5.74) is 1.26. The molecule has 3 aromatic rings. The molecule has 0 atom stereocenters. The van der Waals surface area contributed by atoms with Crippen LogP contribution in [0.1, 0.15) is 0 Å². The zero-order valence-electron chi connectivity index (χ0n) is 8.17. The highest BCUT2D eigenvalue weighted by molar-refractivity contribution is 5.93. The Hall–Kier alpha value is -1.93. The van der Waals surface area contributed by atoms with Crippen LogP contribution in [-0.4, -0.2) is 5.48 Å². The molecule has 0 saturated heterocycles. The van der Waals surface area contributed by atoms with Crippen molar-refractivity contribution in [3.05, 3.63) is 60.9 Å². The number of hydrogen-bond donors (Lipinski definition) is 0. The first kappa shape index (κ1) is 9.62. The van der Waals surface area contributed by atoms with Gasteiger partial charge in [0.25, 0.3) is 0 Å². The molecule has 2 heteroatoms. The van der Waals surface area contributed by atoms with Gasteiger partial charge in [-0.2, -0.15) is 4.40 Å². The van der Waals surface area contributed by atoms with Gasteiger partial charge < -0.3 is 5.48 Å². The fraction of sp³-hybridized carbons (Fsp3) is 0. The second kappa shape index (κ2) is 3.67. The van der Waals surface area contributed by atoms with Crippen molar-refractivity contribution in [2.75, 3.05) is 0 Å². The highest BCUT2D eigenvalue weighted by Crippen LogP contribution is 2.15. The SMILES string of the molecule is [OH-].c1ccc2c(c1)cc[n+]1ccccc21. The van der Waals surface area contributed by atoms with Gasteiger partial charge in [0, 0.05) is 18.2 Å². The van der Waals surface area contributed by atoms with Gasteiger partial charge in [-0.05, 0) is 17.5 Å². The summed E-state index contributed by atoms with van der Waals surface area (Å²) in [5, 5.41) is 2.59. The van der Waals surface area contributed by atoms with Gasteiger partial charge in [0.05, 0.1) is 5.39 Å². The van der Waals surface area contributed by atoms with Crippen LogP contribution in [0.5, 0.6) is 0 Å². The van der Waals surface area contributed by atoms with Crippen LogP contribution in [0.2, 0.25) is 0 Å². The van der Waals surface area contributed by atoms with Gasteiger partial charge in [-0.1, -0.05) is 18.2 Å². The molecule has 2 nitrogen and oxygen atoms in total. The van der Waals surface area contributed by atoms with Gasteiger partial charge in [-0.25, -0.2) is 0 Å². The maximum atomic E-state index is 2.16. The third-order valence-corrected chi connectivity index (χ3v) is 2.54. The summed E-state index contributed by atoms with van der Waals surface area (Å²) >= 11 is 0. The maximum absolute atomic E-state index is 2.16. The number of hydrogen-bond acceptors (Lipinski definition) is 1. The highest BCUT2D eigenvalue weighted by atomic mass is 16.0. The van der Waals surface area contributed by atoms with Gasteiger partial charge in [-0.15, -0.1) is 0 Å². The number of rotatable bonds is 0. The standard InChI is InChI=1S/C13H10N.H2O/c1-2-6-12-11(5-1)8-10-14-9-4-3-7-13(12)14;/h1-10H;1H2/q+1;/p-1. The lowest BCUT2D eigenvalue weighted by atomic mass is 10.1. The fourth-order valence-electron chi connectivity index (χ4n) is 1.85. The van der Waals surface area contributed by atoms with Crippen LogP contribution in [0, 0.1) is 0 Å². The summed E-state index contributed by atoms with van der Waals surface area (Å²) in [7, 11) is 0. The average Bonchev–Trinajstić information content (AvgIpc) is 2.29. The van der Waals surface area contributed by atoms with Crippen molar-refractivity contribution in [2.45, 2.75) is 0 Å². The second-order valence-electron chi connectivity index (χ2n) is 3.40. The topological polar surface area (TPSA) is 34.1 Å². The van der Waals surface area contributed by atoms with Crippen LogP contribution in [0.25, 0.3) is 16.3 Å². The van der Waals surface area contributed by atoms with E-state index >= 15 is 0 Å². The van der Waals surface area contributed by atoms with Gasteiger partial charge in [0.15, 0.2) is 12.4 Å². The summed E-state index contributed by atoms with van der Waals surface area (Å²) in [6.07, 6.45) is 4.17. The first-order chi connectivity index (χ1) is 6.95. The molecular formula is C13H11NO. The molecule has 0 radical (unpaired) electrons. The number of aromatic nitrogens is 1. The third-order valence-electron chi connectivity index (χ3n) is 2.54. The van der Waals surface area contributed by atoms with Crippen molar-refractivity contribution in [1.82, 2.24) is 0 Å². The Morgan fingerprint density at radius 3 is 2.47 bits per heavy atom. The zero-order valence-corrected chi connectivity index (χ0v) is 8.17. The summed E-state index contributed by atoms with van der Waals surface area (Å²) in [6.45, 7) is 0. The Morgan fingerprint density at radius 2 is 1.53 bits per heavy atom. The molecule has 0 spiro atoms. The Kier molecular flexibility index (Phi) is 2.35. The Bertz CT molecular complexity index is 550. The molecular weight excluding hydrogens is 186 g/mol. The van der Waals surface area contributed by atoms with E-state index in [2.05, 4.69) is 59.3 Å². The van der Waals surface area contributed by atoms with Crippen LogP contribution in [0.15, 0.2) is 60.9 Å². The molecule has 15 heavy (non-hydrogen) atoms. The lowest BCUT2D eigenvalue weighted by Gasteiger charge is -1.96. The number of nitrogens with zero attached hydrogens (tertiary/aromatic N) is 1. The smallest absolute Gasteiger partial charge is 0.218 e. The van der Waals surface area contributed by atoms with E-state index in [1.807, 2.05) is 6.07 Å². The minimum absolute atomic E-state index is 0. The van der Waals surface area contributed by atoms with Gasteiger partial charge in [-0.3, -0.25) is 0 Å². The number of benzene rings is 1. The molecule has 0 fully saturated rings.